The van der Waals surface area contributed by atoms with Gasteiger partial charge in [0, 0.05) is 24.1 Å². The van der Waals surface area contributed by atoms with Crippen molar-refractivity contribution in [3.63, 3.8) is 0 Å². The number of alkyl halides is 2. The van der Waals surface area contributed by atoms with Gasteiger partial charge in [-0.25, -0.2) is 8.78 Å². The first-order valence-electron chi connectivity index (χ1n) is 5.30. The molecule has 0 heterocycles. The van der Waals surface area contributed by atoms with Gasteiger partial charge in [0.2, 0.25) is 0 Å². The molecule has 0 aliphatic rings. The fourth-order valence-electron chi connectivity index (χ4n) is 1.76. The molecule has 0 aliphatic carbocycles. The molecule has 1 aromatic rings. The Morgan fingerprint density at radius 1 is 1.19 bits per heavy atom. The third-order valence-corrected chi connectivity index (χ3v) is 2.69. The lowest BCUT2D eigenvalue weighted by molar-refractivity contribution is 0.151. The lowest BCUT2D eigenvalue weighted by Crippen LogP contribution is -2.25. The maximum absolute atomic E-state index is 12.3. The number of hydrogen-bond acceptors (Lipinski definition) is 2. The molecule has 3 N–H and O–H groups in total. The number of hydrogen-bond donors (Lipinski definition) is 2. The van der Waals surface area contributed by atoms with E-state index >= 15 is 0 Å². The Kier molecular flexibility index (Phi) is 4.83. The van der Waals surface area contributed by atoms with E-state index in [1.807, 2.05) is 6.92 Å². The third kappa shape index (κ3) is 3.25. The standard InChI is InChI=1S/C12H17F2NO/c1-8(15)11(6-7-16)9-2-4-10(5-3-9)12(13)14/h2-5,8,11-12,16H,6-7,15H2,1H3. The van der Waals surface area contributed by atoms with Gasteiger partial charge in [0.1, 0.15) is 0 Å². The lowest BCUT2D eigenvalue weighted by Gasteiger charge is -2.20. The fourth-order valence-corrected chi connectivity index (χ4v) is 1.76. The van der Waals surface area contributed by atoms with Gasteiger partial charge in [0.05, 0.1) is 0 Å². The maximum Gasteiger partial charge on any atom is 0.263 e. The maximum atomic E-state index is 12.3. The first-order chi connectivity index (χ1) is 7.56. The van der Waals surface area contributed by atoms with E-state index in [0.717, 1.165) is 5.56 Å². The van der Waals surface area contributed by atoms with E-state index in [2.05, 4.69) is 0 Å². The topological polar surface area (TPSA) is 46.2 Å². The summed E-state index contributed by atoms with van der Waals surface area (Å²) in [5, 5.41) is 8.91. The molecule has 16 heavy (non-hydrogen) atoms. The highest BCUT2D eigenvalue weighted by molar-refractivity contribution is 5.27. The molecular formula is C12H17F2NO. The molecule has 0 fully saturated rings. The second-order valence-electron chi connectivity index (χ2n) is 3.95. The molecule has 0 spiro atoms. The predicted molar refractivity (Wildman–Crippen MR) is 59.5 cm³/mol. The molecule has 4 heteroatoms. The van der Waals surface area contributed by atoms with Crippen LogP contribution in [-0.4, -0.2) is 17.8 Å². The highest BCUT2D eigenvalue weighted by atomic mass is 19.3. The van der Waals surface area contributed by atoms with Crippen molar-refractivity contribution in [1.82, 2.24) is 0 Å². The summed E-state index contributed by atoms with van der Waals surface area (Å²) in [6, 6.07) is 6.03. The Balaban J connectivity index is 2.85. The Morgan fingerprint density at radius 2 is 1.69 bits per heavy atom. The summed E-state index contributed by atoms with van der Waals surface area (Å²) >= 11 is 0. The van der Waals surface area contributed by atoms with Gasteiger partial charge < -0.3 is 10.8 Å². The van der Waals surface area contributed by atoms with E-state index in [-0.39, 0.29) is 24.1 Å². The van der Waals surface area contributed by atoms with Crippen molar-refractivity contribution in [1.29, 1.82) is 0 Å². The zero-order valence-corrected chi connectivity index (χ0v) is 9.24. The van der Waals surface area contributed by atoms with Crippen LogP contribution in [0.2, 0.25) is 0 Å². The van der Waals surface area contributed by atoms with Crippen LogP contribution in [0.5, 0.6) is 0 Å². The molecule has 0 radical (unpaired) electrons. The van der Waals surface area contributed by atoms with Gasteiger partial charge in [-0.3, -0.25) is 0 Å². The Morgan fingerprint density at radius 3 is 2.06 bits per heavy atom. The minimum atomic E-state index is -2.44. The average Bonchev–Trinajstić information content (AvgIpc) is 2.25. The van der Waals surface area contributed by atoms with Crippen LogP contribution in [0.4, 0.5) is 8.78 Å². The molecule has 0 saturated carbocycles. The van der Waals surface area contributed by atoms with Crippen LogP contribution in [0.1, 0.15) is 36.8 Å². The zero-order valence-electron chi connectivity index (χ0n) is 9.24. The van der Waals surface area contributed by atoms with E-state index in [4.69, 9.17) is 10.8 Å². The van der Waals surface area contributed by atoms with E-state index in [0.29, 0.717) is 6.42 Å². The van der Waals surface area contributed by atoms with E-state index in [1.165, 1.54) is 12.1 Å². The summed E-state index contributed by atoms with van der Waals surface area (Å²) in [6.07, 6.45) is -1.90. The van der Waals surface area contributed by atoms with Crippen molar-refractivity contribution >= 4 is 0 Å². The first-order valence-corrected chi connectivity index (χ1v) is 5.30. The summed E-state index contributed by atoms with van der Waals surface area (Å²) in [5.74, 6) is 0.0109. The average molecular weight is 229 g/mol. The van der Waals surface area contributed by atoms with Gasteiger partial charge in [-0.15, -0.1) is 0 Å². The molecule has 1 aromatic carbocycles. The van der Waals surface area contributed by atoms with Crippen LogP contribution in [-0.2, 0) is 0 Å². The number of rotatable bonds is 5. The van der Waals surface area contributed by atoms with Gasteiger partial charge in [-0.2, -0.15) is 0 Å². The molecule has 0 aromatic heterocycles. The van der Waals surface area contributed by atoms with Crippen LogP contribution in [0, 0.1) is 0 Å². The van der Waals surface area contributed by atoms with Crippen molar-refractivity contribution in [3.05, 3.63) is 35.4 Å². The van der Waals surface area contributed by atoms with Crippen LogP contribution < -0.4 is 5.73 Å². The zero-order chi connectivity index (χ0) is 12.1. The van der Waals surface area contributed by atoms with E-state index in [1.54, 1.807) is 12.1 Å². The van der Waals surface area contributed by atoms with Gasteiger partial charge in [0.25, 0.3) is 6.43 Å². The Hall–Kier alpha value is -1.00. The molecule has 1 rings (SSSR count). The fraction of sp³-hybridized carbons (Fsp3) is 0.500. The van der Waals surface area contributed by atoms with Crippen molar-refractivity contribution in [3.8, 4) is 0 Å². The van der Waals surface area contributed by atoms with E-state index in [9.17, 15) is 8.78 Å². The summed E-state index contributed by atoms with van der Waals surface area (Å²) in [6.45, 7) is 1.89. The molecule has 2 atom stereocenters. The van der Waals surface area contributed by atoms with Gasteiger partial charge >= 0.3 is 0 Å². The van der Waals surface area contributed by atoms with Gasteiger partial charge in [0.15, 0.2) is 0 Å². The van der Waals surface area contributed by atoms with Crippen LogP contribution in [0.3, 0.4) is 0 Å². The third-order valence-electron chi connectivity index (χ3n) is 2.69. The monoisotopic (exact) mass is 229 g/mol. The van der Waals surface area contributed by atoms with Crippen molar-refractivity contribution in [2.24, 2.45) is 5.73 Å². The second-order valence-corrected chi connectivity index (χ2v) is 3.95. The van der Waals surface area contributed by atoms with Gasteiger partial charge in [-0.05, 0) is 18.9 Å². The molecule has 90 valence electrons. The largest absolute Gasteiger partial charge is 0.396 e. The predicted octanol–water partition coefficient (Wildman–Crippen LogP) is 2.44. The second kappa shape index (κ2) is 5.92. The molecule has 0 saturated heterocycles. The highest BCUT2D eigenvalue weighted by Gasteiger charge is 2.16. The van der Waals surface area contributed by atoms with Crippen LogP contribution in [0.15, 0.2) is 24.3 Å². The number of aliphatic hydroxyl groups is 1. The molecule has 0 aliphatic heterocycles. The molecule has 0 amide bonds. The first kappa shape index (κ1) is 13.1. The Labute approximate surface area is 94.1 Å². The summed E-state index contributed by atoms with van der Waals surface area (Å²) in [7, 11) is 0. The summed E-state index contributed by atoms with van der Waals surface area (Å²) in [5.41, 5.74) is 6.70. The van der Waals surface area contributed by atoms with Gasteiger partial charge in [-0.1, -0.05) is 24.3 Å². The van der Waals surface area contributed by atoms with Crippen molar-refractivity contribution in [2.75, 3.05) is 6.61 Å². The molecular weight excluding hydrogens is 212 g/mol. The minimum Gasteiger partial charge on any atom is -0.396 e. The van der Waals surface area contributed by atoms with Crippen LogP contribution >= 0.6 is 0 Å². The Bertz CT molecular complexity index is 311. The number of halogens is 2. The van der Waals surface area contributed by atoms with Crippen molar-refractivity contribution < 1.29 is 13.9 Å². The highest BCUT2D eigenvalue weighted by Crippen LogP contribution is 2.25. The number of aliphatic hydroxyl groups excluding tert-OH is 1. The SMILES string of the molecule is CC(N)C(CCO)c1ccc(C(F)F)cc1. The minimum absolute atomic E-state index is 0.0103. The lowest BCUT2D eigenvalue weighted by atomic mass is 9.90. The normalized spacial score (nSPS) is 15.1. The van der Waals surface area contributed by atoms with E-state index < -0.39 is 6.43 Å². The quantitative estimate of drug-likeness (QED) is 0.814. The van der Waals surface area contributed by atoms with Crippen LogP contribution in [0.25, 0.3) is 0 Å². The number of nitrogens with two attached hydrogens (primary N) is 1. The molecule has 2 unspecified atom stereocenters. The smallest absolute Gasteiger partial charge is 0.263 e. The van der Waals surface area contributed by atoms with Crippen molar-refractivity contribution in [2.45, 2.75) is 31.7 Å². The number of benzene rings is 1. The summed E-state index contributed by atoms with van der Waals surface area (Å²) < 4.78 is 24.7. The summed E-state index contributed by atoms with van der Waals surface area (Å²) in [4.78, 5) is 0. The molecule has 2 nitrogen and oxygen atoms in total. The molecule has 0 bridgehead atoms.